The second-order valence-corrected chi connectivity index (χ2v) is 9.98. The Bertz CT molecular complexity index is 1100. The molecule has 2 aromatic rings. The van der Waals surface area contributed by atoms with E-state index in [-0.39, 0.29) is 5.78 Å². The third kappa shape index (κ3) is 3.84. The number of carbonyl (C=O) groups excluding carboxylic acids is 1. The zero-order chi connectivity index (χ0) is 22.1. The van der Waals surface area contributed by atoms with Gasteiger partial charge in [-0.1, -0.05) is 59.9 Å². The monoisotopic (exact) mass is 458 g/mol. The van der Waals surface area contributed by atoms with E-state index in [1.54, 1.807) is 23.5 Å². The predicted octanol–water partition coefficient (Wildman–Crippen LogP) is 7.15. The van der Waals surface area contributed by atoms with Crippen molar-refractivity contribution in [3.05, 3.63) is 94.0 Å². The minimum absolute atomic E-state index is 0.186. The van der Waals surface area contributed by atoms with Crippen LogP contribution in [-0.2, 0) is 4.79 Å². The highest BCUT2D eigenvalue weighted by molar-refractivity contribution is 8.04. The van der Waals surface area contributed by atoms with Crippen molar-refractivity contribution in [2.75, 3.05) is 22.9 Å². The van der Waals surface area contributed by atoms with Crippen LogP contribution in [0, 0.1) is 0 Å². The van der Waals surface area contributed by atoms with Gasteiger partial charge in [-0.2, -0.15) is 0 Å². The summed E-state index contributed by atoms with van der Waals surface area (Å²) in [5, 5.41) is 2.37. The predicted molar refractivity (Wildman–Crippen MR) is 137 cm³/mol. The van der Waals surface area contributed by atoms with E-state index >= 15 is 0 Å². The van der Waals surface area contributed by atoms with Gasteiger partial charge in [0.15, 0.2) is 5.78 Å². The number of Topliss-reactive ketones (excluding diaryl/α,β-unsaturated/α-hetero) is 1. The molecule has 0 spiro atoms. The lowest BCUT2D eigenvalue weighted by atomic mass is 10.1. The number of hydrogen-bond donors (Lipinski definition) is 0. The first-order valence-corrected chi connectivity index (χ1v) is 12.8. The molecule has 0 saturated heterocycles. The molecule has 3 nitrogen and oxygen atoms in total. The summed E-state index contributed by atoms with van der Waals surface area (Å²) in [6.07, 6.45) is 9.92. The zero-order valence-corrected chi connectivity index (χ0v) is 20.0. The Balaban J connectivity index is 1.33. The van der Waals surface area contributed by atoms with E-state index in [2.05, 4.69) is 84.3 Å². The van der Waals surface area contributed by atoms with E-state index in [0.717, 1.165) is 37.1 Å². The van der Waals surface area contributed by atoms with Gasteiger partial charge in [-0.15, -0.1) is 0 Å². The lowest BCUT2D eigenvalue weighted by Gasteiger charge is -2.17. The first kappa shape index (κ1) is 21.2. The molecule has 0 N–H and O–H groups in total. The molecule has 0 bridgehead atoms. The topological polar surface area (TPSA) is 23.6 Å². The first-order chi connectivity index (χ1) is 15.7. The number of nitrogens with zero attached hydrogens (tertiary/aromatic N) is 2. The van der Waals surface area contributed by atoms with Crippen LogP contribution in [0.4, 0.5) is 11.4 Å². The smallest absolute Gasteiger partial charge is 0.185 e. The van der Waals surface area contributed by atoms with E-state index < -0.39 is 0 Å². The molecule has 0 unspecified atom stereocenters. The van der Waals surface area contributed by atoms with Crippen LogP contribution in [0.2, 0.25) is 0 Å². The van der Waals surface area contributed by atoms with Gasteiger partial charge in [-0.25, -0.2) is 0 Å². The average molecular weight is 459 g/mol. The van der Waals surface area contributed by atoms with Crippen molar-refractivity contribution in [3.63, 3.8) is 0 Å². The summed E-state index contributed by atoms with van der Waals surface area (Å²) in [6.45, 7) is 6.16. The van der Waals surface area contributed by atoms with Gasteiger partial charge in [-0.05, 0) is 63.1 Å². The fourth-order valence-electron chi connectivity index (χ4n) is 4.37. The van der Waals surface area contributed by atoms with Crippen LogP contribution >= 0.6 is 23.5 Å². The molecule has 0 amide bonds. The highest BCUT2D eigenvalue weighted by Gasteiger charge is 2.26. The van der Waals surface area contributed by atoms with Crippen LogP contribution in [-0.4, -0.2) is 18.9 Å². The molecule has 3 aliphatic rings. The zero-order valence-electron chi connectivity index (χ0n) is 18.4. The molecule has 2 heterocycles. The normalized spacial score (nSPS) is 22.6. The number of rotatable bonds is 4. The Morgan fingerprint density at radius 2 is 1.16 bits per heavy atom. The minimum Gasteiger partial charge on any atom is -0.335 e. The Kier molecular flexibility index (Phi) is 6.03. The van der Waals surface area contributed by atoms with Crippen LogP contribution in [0.1, 0.15) is 26.7 Å². The Labute approximate surface area is 198 Å². The summed E-state index contributed by atoms with van der Waals surface area (Å²) in [7, 11) is 0. The average Bonchev–Trinajstić information content (AvgIpc) is 3.48. The van der Waals surface area contributed by atoms with Crippen molar-refractivity contribution < 1.29 is 4.79 Å². The summed E-state index contributed by atoms with van der Waals surface area (Å²) in [4.78, 5) is 20.2. The van der Waals surface area contributed by atoms with Gasteiger partial charge in [0.25, 0.3) is 0 Å². The molecule has 1 aliphatic carbocycles. The highest BCUT2D eigenvalue weighted by atomic mass is 32.2. The number of ketones is 1. The maximum Gasteiger partial charge on any atom is 0.185 e. The lowest BCUT2D eigenvalue weighted by Crippen LogP contribution is -2.16. The van der Waals surface area contributed by atoms with Gasteiger partial charge in [-0.3, -0.25) is 4.79 Å². The molecular formula is C27H26N2OS2. The van der Waals surface area contributed by atoms with Gasteiger partial charge >= 0.3 is 0 Å². The number of benzene rings is 2. The number of allylic oxidation sites excluding steroid dienone is 6. The van der Waals surface area contributed by atoms with Crippen molar-refractivity contribution in [1.29, 1.82) is 0 Å². The molecule has 0 radical (unpaired) electrons. The van der Waals surface area contributed by atoms with Crippen LogP contribution in [0.3, 0.4) is 0 Å². The summed E-state index contributed by atoms with van der Waals surface area (Å²) in [6, 6.07) is 16.9. The van der Waals surface area contributed by atoms with Crippen LogP contribution < -0.4 is 9.80 Å². The standard InChI is InChI=1S/C27H26N2OS2/c1-3-28-21-9-5-7-11-23(21)31-25(28)17-15-19-13-14-20(27(19)30)16-18-26-29(4-2)22-10-6-8-12-24(22)32-26/h5-12,15-18H,3-4,13-14H2,1-2H3/b19-15-,20-16+,25-17+,26-18+. The summed E-state index contributed by atoms with van der Waals surface area (Å²) >= 11 is 3.55. The fraction of sp³-hybridized carbons (Fsp3) is 0.222. The quantitative estimate of drug-likeness (QED) is 0.453. The Morgan fingerprint density at radius 3 is 1.59 bits per heavy atom. The van der Waals surface area contributed by atoms with Crippen molar-refractivity contribution >= 4 is 40.7 Å². The fourth-order valence-corrected chi connectivity index (χ4v) is 6.63. The number of hydrogen-bond acceptors (Lipinski definition) is 5. The maximum absolute atomic E-state index is 13.0. The van der Waals surface area contributed by atoms with E-state index in [4.69, 9.17) is 0 Å². The molecule has 162 valence electrons. The van der Waals surface area contributed by atoms with Crippen molar-refractivity contribution in [1.82, 2.24) is 0 Å². The van der Waals surface area contributed by atoms with E-state index in [0.29, 0.717) is 0 Å². The van der Waals surface area contributed by atoms with Crippen LogP contribution in [0.15, 0.2) is 104 Å². The molecule has 2 aromatic carbocycles. The molecule has 0 aromatic heterocycles. The number of carbonyl (C=O) groups is 1. The molecule has 32 heavy (non-hydrogen) atoms. The summed E-state index contributed by atoms with van der Waals surface area (Å²) in [5.74, 6) is 0.186. The number of thioether (sulfide) groups is 2. The third-order valence-electron chi connectivity index (χ3n) is 6.01. The van der Waals surface area contributed by atoms with E-state index in [1.165, 1.54) is 31.2 Å². The summed E-state index contributed by atoms with van der Waals surface area (Å²) < 4.78 is 0. The first-order valence-electron chi connectivity index (χ1n) is 11.1. The third-order valence-corrected chi connectivity index (χ3v) is 8.27. The van der Waals surface area contributed by atoms with Gasteiger partial charge in [0.05, 0.1) is 21.4 Å². The van der Waals surface area contributed by atoms with Gasteiger partial charge in [0.1, 0.15) is 0 Å². The molecule has 0 atom stereocenters. The van der Waals surface area contributed by atoms with Crippen LogP contribution in [0.25, 0.3) is 0 Å². The minimum atomic E-state index is 0.186. The molecular weight excluding hydrogens is 432 g/mol. The van der Waals surface area contributed by atoms with Gasteiger partial charge in [0.2, 0.25) is 0 Å². The Morgan fingerprint density at radius 1 is 0.719 bits per heavy atom. The van der Waals surface area contributed by atoms with E-state index in [9.17, 15) is 4.79 Å². The maximum atomic E-state index is 13.0. The lowest BCUT2D eigenvalue weighted by molar-refractivity contribution is -0.111. The second kappa shape index (κ2) is 9.08. The SMILES string of the molecule is CCN1/C(=C\C=C2\CC/C(=C\C=C3\Sc4ccccc4N3CC)C2=O)Sc2ccccc21. The molecule has 2 aliphatic heterocycles. The van der Waals surface area contributed by atoms with Gasteiger partial charge in [0, 0.05) is 34.0 Å². The number of para-hydroxylation sites is 2. The highest BCUT2D eigenvalue weighted by Crippen LogP contribution is 2.46. The molecule has 5 rings (SSSR count). The molecule has 1 saturated carbocycles. The largest absolute Gasteiger partial charge is 0.335 e. The van der Waals surface area contributed by atoms with Gasteiger partial charge < -0.3 is 9.80 Å². The second-order valence-electron chi connectivity index (χ2n) is 7.85. The van der Waals surface area contributed by atoms with Crippen LogP contribution in [0.5, 0.6) is 0 Å². The number of anilines is 2. The number of fused-ring (bicyclic) bond motifs is 2. The van der Waals surface area contributed by atoms with Crippen molar-refractivity contribution in [2.45, 2.75) is 36.5 Å². The summed E-state index contributed by atoms with van der Waals surface area (Å²) in [5.41, 5.74) is 4.32. The van der Waals surface area contributed by atoms with Crippen molar-refractivity contribution in [2.24, 2.45) is 0 Å². The van der Waals surface area contributed by atoms with Crippen molar-refractivity contribution in [3.8, 4) is 0 Å². The van der Waals surface area contributed by atoms with E-state index in [1.807, 2.05) is 12.2 Å². The molecule has 1 fully saturated rings. The molecule has 5 heteroatoms. The Hall–Kier alpha value is -2.63.